The molecule has 0 spiro atoms. The lowest BCUT2D eigenvalue weighted by Gasteiger charge is -2.31. The Morgan fingerprint density at radius 1 is 1.04 bits per heavy atom. The molecule has 0 aromatic carbocycles. The Hall–Kier alpha value is -2.45. The van der Waals surface area contributed by atoms with Gasteiger partial charge < -0.3 is 9.64 Å². The molecule has 6 nitrogen and oxygen atoms in total. The van der Waals surface area contributed by atoms with E-state index in [0.717, 1.165) is 30.8 Å². The van der Waals surface area contributed by atoms with E-state index in [0.29, 0.717) is 37.4 Å². The monoisotopic (exact) mass is 379 g/mol. The van der Waals surface area contributed by atoms with Crippen molar-refractivity contribution >= 4 is 5.95 Å². The van der Waals surface area contributed by atoms with Crippen molar-refractivity contribution < 1.29 is 17.9 Å². The van der Waals surface area contributed by atoms with Gasteiger partial charge in [-0.1, -0.05) is 0 Å². The van der Waals surface area contributed by atoms with Crippen LogP contribution in [0.1, 0.15) is 43.0 Å². The van der Waals surface area contributed by atoms with E-state index in [1.807, 2.05) is 12.1 Å². The number of piperidine rings is 1. The van der Waals surface area contributed by atoms with E-state index in [1.165, 1.54) is 12.8 Å². The Morgan fingerprint density at radius 2 is 1.81 bits per heavy atom. The van der Waals surface area contributed by atoms with Crippen LogP contribution in [0, 0.1) is 5.92 Å². The third-order valence-electron chi connectivity index (χ3n) is 4.95. The number of hydrogen-bond donors (Lipinski definition) is 0. The van der Waals surface area contributed by atoms with E-state index in [1.54, 1.807) is 4.90 Å². The van der Waals surface area contributed by atoms with Crippen molar-refractivity contribution in [3.63, 3.8) is 0 Å². The number of alkyl halides is 3. The van der Waals surface area contributed by atoms with E-state index in [9.17, 15) is 13.2 Å². The van der Waals surface area contributed by atoms with E-state index < -0.39 is 11.9 Å². The lowest BCUT2D eigenvalue weighted by atomic mass is 9.98. The first kappa shape index (κ1) is 17.9. The van der Waals surface area contributed by atoms with Gasteiger partial charge in [-0.3, -0.25) is 0 Å². The number of rotatable bonds is 5. The zero-order chi connectivity index (χ0) is 18.9. The van der Waals surface area contributed by atoms with Crippen molar-refractivity contribution in [3.05, 3.63) is 35.8 Å². The molecule has 2 fully saturated rings. The minimum Gasteiger partial charge on any atom is -0.476 e. The summed E-state index contributed by atoms with van der Waals surface area (Å²) in [6, 6.07) is 4.71. The molecular formula is C18H20F3N5O. The Labute approximate surface area is 154 Å². The van der Waals surface area contributed by atoms with E-state index in [4.69, 9.17) is 4.74 Å². The van der Waals surface area contributed by atoms with Crippen molar-refractivity contribution in [2.75, 3.05) is 24.6 Å². The van der Waals surface area contributed by atoms with Crippen molar-refractivity contribution in [1.82, 2.24) is 20.2 Å². The van der Waals surface area contributed by atoms with Gasteiger partial charge in [0.15, 0.2) is 0 Å². The van der Waals surface area contributed by atoms with Crippen molar-refractivity contribution in [2.45, 2.75) is 37.8 Å². The van der Waals surface area contributed by atoms with Crippen LogP contribution in [-0.4, -0.2) is 39.9 Å². The summed E-state index contributed by atoms with van der Waals surface area (Å²) in [6.45, 7) is 1.72. The first-order valence-corrected chi connectivity index (χ1v) is 9.10. The van der Waals surface area contributed by atoms with Gasteiger partial charge in [-0.2, -0.15) is 18.3 Å². The first-order valence-electron chi connectivity index (χ1n) is 9.10. The fourth-order valence-corrected chi connectivity index (χ4v) is 3.17. The molecule has 144 valence electrons. The summed E-state index contributed by atoms with van der Waals surface area (Å²) in [5.74, 6) is 1.53. The SMILES string of the molecule is FC(F)(F)c1ccnc(N2CCC(COc3ccc(C4CC4)nn3)CC2)n1. The predicted octanol–water partition coefficient (Wildman–Crippen LogP) is 3.46. The van der Waals surface area contributed by atoms with Crippen LogP contribution in [0.15, 0.2) is 24.4 Å². The van der Waals surface area contributed by atoms with Crippen molar-refractivity contribution in [2.24, 2.45) is 5.92 Å². The maximum atomic E-state index is 12.8. The number of halogens is 3. The topological polar surface area (TPSA) is 64.0 Å². The molecule has 4 rings (SSSR count). The van der Waals surface area contributed by atoms with Crippen molar-refractivity contribution in [1.29, 1.82) is 0 Å². The standard InChI is InChI=1S/C18H20F3N5O/c19-18(20,21)15-5-8-22-17(23-15)26-9-6-12(7-10-26)11-27-16-4-3-14(24-25-16)13-1-2-13/h3-5,8,12-13H,1-2,6-7,9-11H2. The largest absolute Gasteiger partial charge is 0.476 e. The Morgan fingerprint density at radius 3 is 2.44 bits per heavy atom. The Bertz CT molecular complexity index is 771. The van der Waals surface area contributed by atoms with Gasteiger partial charge in [0.2, 0.25) is 11.8 Å². The summed E-state index contributed by atoms with van der Waals surface area (Å²) in [4.78, 5) is 9.43. The highest BCUT2D eigenvalue weighted by atomic mass is 19.4. The molecule has 0 radical (unpaired) electrons. The van der Waals surface area contributed by atoms with Crippen LogP contribution < -0.4 is 9.64 Å². The molecule has 0 N–H and O–H groups in total. The highest BCUT2D eigenvalue weighted by Crippen LogP contribution is 2.38. The molecule has 1 saturated carbocycles. The van der Waals surface area contributed by atoms with E-state index >= 15 is 0 Å². The van der Waals surface area contributed by atoms with Gasteiger partial charge in [0.05, 0.1) is 12.3 Å². The molecule has 0 amide bonds. The third kappa shape index (κ3) is 4.45. The van der Waals surface area contributed by atoms with E-state index in [-0.39, 0.29) is 5.95 Å². The average Bonchev–Trinajstić information content (AvgIpc) is 3.52. The fourth-order valence-electron chi connectivity index (χ4n) is 3.17. The quantitative estimate of drug-likeness (QED) is 0.793. The van der Waals surface area contributed by atoms with Crippen LogP contribution in [-0.2, 0) is 6.18 Å². The second-order valence-corrected chi connectivity index (χ2v) is 7.05. The fraction of sp³-hybridized carbons (Fsp3) is 0.556. The molecule has 1 aliphatic carbocycles. The summed E-state index contributed by atoms with van der Waals surface area (Å²) >= 11 is 0. The second-order valence-electron chi connectivity index (χ2n) is 7.05. The number of anilines is 1. The van der Waals surface area contributed by atoms with Crippen LogP contribution >= 0.6 is 0 Å². The summed E-state index contributed by atoms with van der Waals surface area (Å²) in [7, 11) is 0. The molecule has 3 heterocycles. The van der Waals surface area contributed by atoms with Gasteiger partial charge in [-0.05, 0) is 43.7 Å². The third-order valence-corrected chi connectivity index (χ3v) is 4.95. The summed E-state index contributed by atoms with van der Waals surface area (Å²) < 4.78 is 44.1. The van der Waals surface area contributed by atoms with Crippen LogP contribution in [0.2, 0.25) is 0 Å². The second kappa shape index (κ2) is 7.28. The number of hydrogen-bond acceptors (Lipinski definition) is 6. The van der Waals surface area contributed by atoms with Crippen LogP contribution in [0.25, 0.3) is 0 Å². The van der Waals surface area contributed by atoms with Gasteiger partial charge in [-0.15, -0.1) is 5.10 Å². The molecule has 27 heavy (non-hydrogen) atoms. The van der Waals surface area contributed by atoms with Gasteiger partial charge in [-0.25, -0.2) is 9.97 Å². The normalized spacial score (nSPS) is 18.6. The Kier molecular flexibility index (Phi) is 4.84. The Balaban J connectivity index is 1.27. The number of ether oxygens (including phenoxy) is 1. The first-order chi connectivity index (χ1) is 13.0. The predicted molar refractivity (Wildman–Crippen MR) is 91.5 cm³/mol. The minimum atomic E-state index is -4.46. The zero-order valence-corrected chi connectivity index (χ0v) is 14.7. The summed E-state index contributed by atoms with van der Waals surface area (Å²) in [6.07, 6.45) is 0.663. The summed E-state index contributed by atoms with van der Waals surface area (Å²) in [5.41, 5.74) is 0.114. The maximum Gasteiger partial charge on any atom is 0.433 e. The molecule has 1 aliphatic heterocycles. The highest BCUT2D eigenvalue weighted by molar-refractivity contribution is 5.31. The van der Waals surface area contributed by atoms with Gasteiger partial charge in [0, 0.05) is 31.3 Å². The lowest BCUT2D eigenvalue weighted by Crippen LogP contribution is -2.36. The highest BCUT2D eigenvalue weighted by Gasteiger charge is 2.33. The van der Waals surface area contributed by atoms with Crippen LogP contribution in [0.5, 0.6) is 5.88 Å². The van der Waals surface area contributed by atoms with Gasteiger partial charge in [0.1, 0.15) is 5.69 Å². The maximum absolute atomic E-state index is 12.8. The minimum absolute atomic E-state index is 0.130. The van der Waals surface area contributed by atoms with Gasteiger partial charge in [0.25, 0.3) is 0 Å². The van der Waals surface area contributed by atoms with Crippen molar-refractivity contribution in [3.8, 4) is 5.88 Å². The molecule has 2 aliphatic rings. The summed E-state index contributed by atoms with van der Waals surface area (Å²) in [5, 5.41) is 8.30. The molecule has 0 atom stereocenters. The van der Waals surface area contributed by atoms with Crippen LogP contribution in [0.4, 0.5) is 19.1 Å². The molecular weight excluding hydrogens is 359 g/mol. The number of nitrogens with zero attached hydrogens (tertiary/aromatic N) is 5. The molecule has 2 aromatic rings. The van der Waals surface area contributed by atoms with E-state index in [2.05, 4.69) is 20.2 Å². The molecule has 0 unspecified atom stereocenters. The number of aromatic nitrogens is 4. The molecule has 9 heteroatoms. The molecule has 0 bridgehead atoms. The molecule has 1 saturated heterocycles. The molecule has 2 aromatic heterocycles. The zero-order valence-electron chi connectivity index (χ0n) is 14.7. The smallest absolute Gasteiger partial charge is 0.433 e. The average molecular weight is 379 g/mol. The van der Waals surface area contributed by atoms with Gasteiger partial charge >= 0.3 is 6.18 Å². The van der Waals surface area contributed by atoms with Crippen LogP contribution in [0.3, 0.4) is 0 Å². The lowest BCUT2D eigenvalue weighted by molar-refractivity contribution is -0.141.